The van der Waals surface area contributed by atoms with Gasteiger partial charge in [0.05, 0.1) is 0 Å². The summed E-state index contributed by atoms with van der Waals surface area (Å²) in [5.41, 5.74) is 3.79. The van der Waals surface area contributed by atoms with E-state index in [0.717, 1.165) is 0 Å². The highest BCUT2D eigenvalue weighted by molar-refractivity contribution is 14.1. The number of nitrogens with one attached hydrogen (secondary N) is 1. The molecule has 0 aliphatic rings. The Bertz CT molecular complexity index is 491. The highest BCUT2D eigenvalue weighted by Crippen LogP contribution is 2.20. The number of hydrogen-bond acceptors (Lipinski definition) is 1. The first-order valence-electron chi connectivity index (χ1n) is 5.74. The lowest BCUT2D eigenvalue weighted by Crippen LogP contribution is -2.06. The fraction of sp³-hybridized carbons (Fsp3) is 0.200. The van der Waals surface area contributed by atoms with Crippen molar-refractivity contribution in [3.05, 3.63) is 63.2 Å². The molecule has 1 N–H and O–H groups in total. The molecule has 0 fully saturated rings. The maximum absolute atomic E-state index is 3.51. The van der Waals surface area contributed by atoms with Gasteiger partial charge in [-0.25, -0.2) is 0 Å². The van der Waals surface area contributed by atoms with Gasteiger partial charge in [-0.15, -0.1) is 0 Å². The molecule has 0 amide bonds. The second-order valence-corrected chi connectivity index (χ2v) is 5.53. The van der Waals surface area contributed by atoms with Crippen molar-refractivity contribution in [2.45, 2.75) is 19.9 Å². The van der Waals surface area contributed by atoms with Crippen molar-refractivity contribution in [2.24, 2.45) is 0 Å². The third-order valence-electron chi connectivity index (χ3n) is 2.79. The predicted molar refractivity (Wildman–Crippen MR) is 82.4 cm³/mol. The molecule has 1 unspecified atom stereocenters. The highest BCUT2D eigenvalue weighted by atomic mass is 127. The molecule has 0 bridgehead atoms. The second-order valence-electron chi connectivity index (χ2n) is 4.29. The molecule has 1 nitrogen and oxygen atoms in total. The van der Waals surface area contributed by atoms with Gasteiger partial charge in [-0.1, -0.05) is 35.9 Å². The molecule has 2 rings (SSSR count). The number of anilines is 1. The van der Waals surface area contributed by atoms with Gasteiger partial charge in [0, 0.05) is 15.3 Å². The van der Waals surface area contributed by atoms with Crippen LogP contribution in [0, 0.1) is 10.5 Å². The molecule has 2 heteroatoms. The summed E-state index contributed by atoms with van der Waals surface area (Å²) < 4.78 is 1.25. The summed E-state index contributed by atoms with van der Waals surface area (Å²) in [4.78, 5) is 0. The standard InChI is InChI=1S/C15H16IN/c1-11-6-8-13(9-7-11)12(2)17-15-5-3-4-14(16)10-15/h3-10,12,17H,1-2H3. The number of halogens is 1. The summed E-state index contributed by atoms with van der Waals surface area (Å²) in [6, 6.07) is 17.4. The van der Waals surface area contributed by atoms with Crippen LogP contribution in [0.3, 0.4) is 0 Å². The van der Waals surface area contributed by atoms with Crippen LogP contribution in [0.1, 0.15) is 24.1 Å². The van der Waals surface area contributed by atoms with Crippen molar-refractivity contribution in [3.63, 3.8) is 0 Å². The van der Waals surface area contributed by atoms with E-state index in [9.17, 15) is 0 Å². The molecule has 2 aromatic carbocycles. The van der Waals surface area contributed by atoms with Crippen LogP contribution in [0.4, 0.5) is 5.69 Å². The quantitative estimate of drug-likeness (QED) is 0.796. The zero-order valence-corrected chi connectivity index (χ0v) is 12.2. The minimum atomic E-state index is 0.328. The van der Waals surface area contributed by atoms with Crippen molar-refractivity contribution in [2.75, 3.05) is 5.32 Å². The van der Waals surface area contributed by atoms with E-state index in [0.29, 0.717) is 6.04 Å². The van der Waals surface area contributed by atoms with Gasteiger partial charge in [-0.3, -0.25) is 0 Å². The topological polar surface area (TPSA) is 12.0 Å². The minimum absolute atomic E-state index is 0.328. The number of rotatable bonds is 3. The molecule has 0 saturated carbocycles. The Labute approximate surface area is 116 Å². The van der Waals surface area contributed by atoms with E-state index in [4.69, 9.17) is 0 Å². The smallest absolute Gasteiger partial charge is 0.0485 e. The zero-order valence-electron chi connectivity index (χ0n) is 10.1. The van der Waals surface area contributed by atoms with Gasteiger partial charge < -0.3 is 5.32 Å². The van der Waals surface area contributed by atoms with E-state index >= 15 is 0 Å². The molecule has 0 aliphatic carbocycles. The van der Waals surface area contributed by atoms with E-state index in [1.54, 1.807) is 0 Å². The Morgan fingerprint density at radius 2 is 1.76 bits per heavy atom. The Hall–Kier alpha value is -1.03. The molecule has 0 aromatic heterocycles. The van der Waals surface area contributed by atoms with E-state index in [1.165, 1.54) is 20.4 Å². The van der Waals surface area contributed by atoms with E-state index < -0.39 is 0 Å². The number of hydrogen-bond donors (Lipinski definition) is 1. The first kappa shape index (κ1) is 12.4. The molecular formula is C15H16IN. The number of aryl methyl sites for hydroxylation is 1. The van der Waals surface area contributed by atoms with E-state index in [1.807, 2.05) is 0 Å². The molecule has 0 spiro atoms. The van der Waals surface area contributed by atoms with Crippen LogP contribution in [-0.4, -0.2) is 0 Å². The Morgan fingerprint density at radius 1 is 1.06 bits per heavy atom. The minimum Gasteiger partial charge on any atom is -0.378 e. The highest BCUT2D eigenvalue weighted by Gasteiger charge is 2.04. The monoisotopic (exact) mass is 337 g/mol. The molecule has 88 valence electrons. The van der Waals surface area contributed by atoms with Crippen molar-refractivity contribution in [3.8, 4) is 0 Å². The molecule has 17 heavy (non-hydrogen) atoms. The fourth-order valence-corrected chi connectivity index (χ4v) is 2.31. The fourth-order valence-electron chi connectivity index (χ4n) is 1.77. The lowest BCUT2D eigenvalue weighted by Gasteiger charge is -2.16. The van der Waals surface area contributed by atoms with Crippen LogP contribution < -0.4 is 5.32 Å². The molecule has 2 aromatic rings. The van der Waals surface area contributed by atoms with Crippen LogP contribution >= 0.6 is 22.6 Å². The Morgan fingerprint density at radius 3 is 2.41 bits per heavy atom. The van der Waals surface area contributed by atoms with Gasteiger partial charge >= 0.3 is 0 Å². The van der Waals surface area contributed by atoms with E-state index in [-0.39, 0.29) is 0 Å². The number of benzene rings is 2. The summed E-state index contributed by atoms with van der Waals surface area (Å²) in [6.45, 7) is 4.30. The van der Waals surface area contributed by atoms with Gasteiger partial charge in [0.15, 0.2) is 0 Å². The first-order valence-corrected chi connectivity index (χ1v) is 6.82. The van der Waals surface area contributed by atoms with E-state index in [2.05, 4.69) is 90.3 Å². The van der Waals surface area contributed by atoms with Crippen molar-refractivity contribution >= 4 is 28.3 Å². The summed E-state index contributed by atoms with van der Waals surface area (Å²) in [5.74, 6) is 0. The van der Waals surface area contributed by atoms with Crippen LogP contribution in [0.25, 0.3) is 0 Å². The SMILES string of the molecule is Cc1ccc(C(C)Nc2cccc(I)c2)cc1. The maximum Gasteiger partial charge on any atom is 0.0485 e. The van der Waals surface area contributed by atoms with Crippen LogP contribution in [-0.2, 0) is 0 Å². The van der Waals surface area contributed by atoms with Gasteiger partial charge in [-0.2, -0.15) is 0 Å². The van der Waals surface area contributed by atoms with Crippen molar-refractivity contribution in [1.82, 2.24) is 0 Å². The first-order chi connectivity index (χ1) is 8.15. The zero-order chi connectivity index (χ0) is 12.3. The van der Waals surface area contributed by atoms with Crippen LogP contribution in [0.2, 0.25) is 0 Å². The third kappa shape index (κ3) is 3.46. The van der Waals surface area contributed by atoms with Gasteiger partial charge in [-0.05, 0) is 60.2 Å². The van der Waals surface area contributed by atoms with Gasteiger partial charge in [0.2, 0.25) is 0 Å². The predicted octanol–water partition coefficient (Wildman–Crippen LogP) is 4.77. The average molecular weight is 337 g/mol. The summed E-state index contributed by atoms with van der Waals surface area (Å²) >= 11 is 2.33. The lowest BCUT2D eigenvalue weighted by atomic mass is 10.1. The molecule has 1 atom stereocenters. The molecule has 0 aliphatic heterocycles. The van der Waals surface area contributed by atoms with Crippen molar-refractivity contribution in [1.29, 1.82) is 0 Å². The average Bonchev–Trinajstić information content (AvgIpc) is 2.29. The van der Waals surface area contributed by atoms with Crippen molar-refractivity contribution < 1.29 is 0 Å². The summed E-state index contributed by atoms with van der Waals surface area (Å²) in [7, 11) is 0. The molecule has 0 saturated heterocycles. The Balaban J connectivity index is 2.11. The normalized spacial score (nSPS) is 12.2. The van der Waals surface area contributed by atoms with Crippen LogP contribution in [0.15, 0.2) is 48.5 Å². The third-order valence-corrected chi connectivity index (χ3v) is 3.46. The molecule has 0 heterocycles. The summed E-state index contributed by atoms with van der Waals surface area (Å²) in [6.07, 6.45) is 0. The maximum atomic E-state index is 3.51. The van der Waals surface area contributed by atoms with Crippen LogP contribution in [0.5, 0.6) is 0 Å². The van der Waals surface area contributed by atoms with Gasteiger partial charge in [0.25, 0.3) is 0 Å². The Kier molecular flexibility index (Phi) is 4.05. The molecular weight excluding hydrogens is 321 g/mol. The lowest BCUT2D eigenvalue weighted by molar-refractivity contribution is 0.884. The molecule has 0 radical (unpaired) electrons. The second kappa shape index (κ2) is 5.54. The van der Waals surface area contributed by atoms with Gasteiger partial charge in [0.1, 0.15) is 0 Å². The summed E-state index contributed by atoms with van der Waals surface area (Å²) in [5, 5.41) is 3.51. The largest absolute Gasteiger partial charge is 0.378 e.